The van der Waals surface area contributed by atoms with Gasteiger partial charge >= 0.3 is 6.09 Å². The number of rotatable bonds is 0. The Morgan fingerprint density at radius 3 is 3.17 bits per heavy atom. The fourth-order valence-corrected chi connectivity index (χ4v) is 0.993. The van der Waals surface area contributed by atoms with Crippen LogP contribution in [-0.4, -0.2) is 30.9 Å². The summed E-state index contributed by atoms with van der Waals surface area (Å²) in [6.45, 7) is 0.256. The molecule has 1 aromatic heterocycles. The van der Waals surface area contributed by atoms with Crippen LogP contribution in [-0.2, 0) is 6.54 Å². The van der Waals surface area contributed by atoms with E-state index in [1.807, 2.05) is 0 Å². The predicted molar refractivity (Wildman–Crippen MR) is 38.9 cm³/mol. The Bertz CT molecular complexity index is 343. The molecule has 0 saturated heterocycles. The van der Waals surface area contributed by atoms with Crippen molar-refractivity contribution in [3.8, 4) is 0 Å². The van der Waals surface area contributed by atoms with Gasteiger partial charge in [-0.25, -0.2) is 4.79 Å². The molecular formula is C6H6N4O2. The van der Waals surface area contributed by atoms with E-state index in [0.717, 1.165) is 4.90 Å². The maximum Gasteiger partial charge on any atom is 0.411 e. The standard InChI is InChI=1S/C6H6N4O2/c11-6(12)9-1-2-10-4-7-8-5(10)3-9/h1-2,4H,3H2,(H,11,12). The lowest BCUT2D eigenvalue weighted by atomic mass is 10.4. The van der Waals surface area contributed by atoms with E-state index >= 15 is 0 Å². The first-order valence-electron chi connectivity index (χ1n) is 3.33. The molecule has 2 rings (SSSR count). The van der Waals surface area contributed by atoms with Crippen LogP contribution in [0.25, 0.3) is 6.20 Å². The fraction of sp³-hybridized carbons (Fsp3) is 0.167. The highest BCUT2D eigenvalue weighted by molar-refractivity contribution is 5.67. The Morgan fingerprint density at radius 2 is 2.42 bits per heavy atom. The second-order valence-corrected chi connectivity index (χ2v) is 2.36. The molecule has 0 aliphatic carbocycles. The molecule has 0 bridgehead atoms. The van der Waals surface area contributed by atoms with Crippen LogP contribution >= 0.6 is 0 Å². The van der Waals surface area contributed by atoms with E-state index in [9.17, 15) is 4.79 Å². The van der Waals surface area contributed by atoms with Gasteiger partial charge < -0.3 is 5.11 Å². The molecule has 1 N–H and O–H groups in total. The van der Waals surface area contributed by atoms with Crippen molar-refractivity contribution >= 4 is 12.3 Å². The van der Waals surface area contributed by atoms with Gasteiger partial charge in [0.15, 0.2) is 5.82 Å². The van der Waals surface area contributed by atoms with E-state index in [-0.39, 0.29) is 6.54 Å². The molecule has 1 aliphatic rings. The van der Waals surface area contributed by atoms with Crippen molar-refractivity contribution < 1.29 is 9.90 Å². The molecule has 62 valence electrons. The lowest BCUT2D eigenvalue weighted by molar-refractivity contribution is 0.159. The van der Waals surface area contributed by atoms with Crippen molar-refractivity contribution in [2.45, 2.75) is 6.54 Å². The molecule has 0 radical (unpaired) electrons. The molecule has 6 nitrogen and oxygen atoms in total. The fourth-order valence-electron chi connectivity index (χ4n) is 0.993. The van der Waals surface area contributed by atoms with Gasteiger partial charge in [-0.2, -0.15) is 0 Å². The molecular weight excluding hydrogens is 160 g/mol. The first-order valence-corrected chi connectivity index (χ1v) is 3.33. The summed E-state index contributed by atoms with van der Waals surface area (Å²) >= 11 is 0. The molecule has 2 heterocycles. The Hall–Kier alpha value is -1.85. The lowest BCUT2D eigenvalue weighted by Gasteiger charge is -2.17. The van der Waals surface area contributed by atoms with Gasteiger partial charge in [0.25, 0.3) is 0 Å². The van der Waals surface area contributed by atoms with Gasteiger partial charge in [0.2, 0.25) is 0 Å². The van der Waals surface area contributed by atoms with Crippen molar-refractivity contribution in [2.24, 2.45) is 0 Å². The Labute approximate surface area is 67.7 Å². The van der Waals surface area contributed by atoms with Gasteiger partial charge in [-0.3, -0.25) is 9.47 Å². The smallest absolute Gasteiger partial charge is 0.411 e. The van der Waals surface area contributed by atoms with Crippen LogP contribution in [0.15, 0.2) is 12.5 Å². The second-order valence-electron chi connectivity index (χ2n) is 2.36. The molecule has 0 unspecified atom stereocenters. The van der Waals surface area contributed by atoms with Crippen LogP contribution in [0, 0.1) is 0 Å². The van der Waals surface area contributed by atoms with Crippen molar-refractivity contribution in [1.82, 2.24) is 19.7 Å². The zero-order valence-corrected chi connectivity index (χ0v) is 6.08. The monoisotopic (exact) mass is 166 g/mol. The molecule has 0 aromatic carbocycles. The van der Waals surface area contributed by atoms with E-state index in [1.165, 1.54) is 12.5 Å². The van der Waals surface area contributed by atoms with Crippen LogP contribution in [0.5, 0.6) is 0 Å². The minimum atomic E-state index is -0.986. The number of hydrogen-bond donors (Lipinski definition) is 1. The molecule has 0 spiro atoms. The Kier molecular flexibility index (Phi) is 1.33. The summed E-state index contributed by atoms with van der Waals surface area (Å²) in [5, 5.41) is 16.0. The third-order valence-corrected chi connectivity index (χ3v) is 1.61. The molecule has 1 aliphatic heterocycles. The van der Waals surface area contributed by atoms with Crippen LogP contribution in [0.2, 0.25) is 0 Å². The van der Waals surface area contributed by atoms with E-state index in [2.05, 4.69) is 10.2 Å². The number of aromatic nitrogens is 3. The number of nitrogens with zero attached hydrogens (tertiary/aromatic N) is 4. The van der Waals surface area contributed by atoms with E-state index < -0.39 is 6.09 Å². The topological polar surface area (TPSA) is 71.2 Å². The zero-order chi connectivity index (χ0) is 8.55. The van der Waals surface area contributed by atoms with Crippen LogP contribution < -0.4 is 0 Å². The van der Waals surface area contributed by atoms with Gasteiger partial charge in [0.05, 0.1) is 6.54 Å². The predicted octanol–water partition coefficient (Wildman–Crippen LogP) is 0.200. The molecule has 1 amide bonds. The summed E-state index contributed by atoms with van der Waals surface area (Å²) in [5.74, 6) is 0.625. The van der Waals surface area contributed by atoms with E-state index in [4.69, 9.17) is 5.11 Å². The summed E-state index contributed by atoms with van der Waals surface area (Å²) in [6, 6.07) is 0. The minimum Gasteiger partial charge on any atom is -0.465 e. The van der Waals surface area contributed by atoms with E-state index in [0.29, 0.717) is 5.82 Å². The molecule has 1 aromatic rings. The van der Waals surface area contributed by atoms with Crippen LogP contribution in [0.4, 0.5) is 4.79 Å². The van der Waals surface area contributed by atoms with Gasteiger partial charge in [-0.05, 0) is 0 Å². The minimum absolute atomic E-state index is 0.256. The zero-order valence-electron chi connectivity index (χ0n) is 6.08. The molecule has 12 heavy (non-hydrogen) atoms. The van der Waals surface area contributed by atoms with E-state index in [1.54, 1.807) is 10.8 Å². The van der Waals surface area contributed by atoms with Crippen molar-refractivity contribution in [1.29, 1.82) is 0 Å². The molecule has 0 fully saturated rings. The molecule has 0 saturated carbocycles. The number of hydrogen-bond acceptors (Lipinski definition) is 3. The largest absolute Gasteiger partial charge is 0.465 e. The highest BCUT2D eigenvalue weighted by Gasteiger charge is 2.16. The summed E-state index contributed by atoms with van der Waals surface area (Å²) in [5.41, 5.74) is 0. The maximum atomic E-state index is 10.5. The third kappa shape index (κ3) is 0.931. The number of carboxylic acid groups (broad SMARTS) is 1. The number of fused-ring (bicyclic) bond motifs is 1. The summed E-state index contributed by atoms with van der Waals surface area (Å²) in [4.78, 5) is 11.6. The summed E-state index contributed by atoms with van der Waals surface area (Å²) < 4.78 is 1.68. The molecule has 0 atom stereocenters. The summed E-state index contributed by atoms with van der Waals surface area (Å²) in [7, 11) is 0. The van der Waals surface area contributed by atoms with Crippen molar-refractivity contribution in [2.75, 3.05) is 0 Å². The van der Waals surface area contributed by atoms with Crippen LogP contribution in [0.1, 0.15) is 5.82 Å². The van der Waals surface area contributed by atoms with Gasteiger partial charge in [0, 0.05) is 12.4 Å². The Morgan fingerprint density at radius 1 is 1.58 bits per heavy atom. The van der Waals surface area contributed by atoms with Gasteiger partial charge in [0.1, 0.15) is 6.33 Å². The normalized spacial score (nSPS) is 14.5. The first-order chi connectivity index (χ1) is 5.77. The highest BCUT2D eigenvalue weighted by Crippen LogP contribution is 2.08. The van der Waals surface area contributed by atoms with Gasteiger partial charge in [-0.1, -0.05) is 0 Å². The second kappa shape index (κ2) is 2.33. The quantitative estimate of drug-likeness (QED) is 0.597. The maximum absolute atomic E-state index is 10.5. The van der Waals surface area contributed by atoms with Crippen molar-refractivity contribution in [3.05, 3.63) is 18.4 Å². The average molecular weight is 166 g/mol. The summed E-state index contributed by atoms with van der Waals surface area (Å²) in [6.07, 6.45) is 3.62. The molecule has 6 heteroatoms. The van der Waals surface area contributed by atoms with Crippen LogP contribution in [0.3, 0.4) is 0 Å². The SMILES string of the molecule is O=C(O)N1C=Cn2cnnc2C1. The highest BCUT2D eigenvalue weighted by atomic mass is 16.4. The van der Waals surface area contributed by atoms with Crippen molar-refractivity contribution in [3.63, 3.8) is 0 Å². The average Bonchev–Trinajstić information content (AvgIpc) is 2.49. The number of amides is 1. The van der Waals surface area contributed by atoms with Gasteiger partial charge in [-0.15, -0.1) is 10.2 Å². The third-order valence-electron chi connectivity index (χ3n) is 1.61. The number of carbonyl (C=O) groups is 1. The lowest BCUT2D eigenvalue weighted by Crippen LogP contribution is -2.27. The Balaban J connectivity index is 2.30. The first kappa shape index (κ1) is 6.84.